The van der Waals surface area contributed by atoms with Crippen LogP contribution in [0.4, 0.5) is 17.6 Å². The van der Waals surface area contributed by atoms with Gasteiger partial charge >= 0.3 is 6.36 Å². The molecule has 2 aliphatic rings. The largest absolute Gasteiger partial charge is 0.573 e. The van der Waals surface area contributed by atoms with Crippen molar-refractivity contribution in [3.8, 4) is 5.75 Å². The normalized spacial score (nSPS) is 24.7. The Morgan fingerprint density at radius 1 is 1.00 bits per heavy atom. The molecule has 2 nitrogen and oxygen atoms in total. The fourth-order valence-electron chi connectivity index (χ4n) is 4.39. The number of hydrogen-bond donors (Lipinski definition) is 0. The Kier molecular flexibility index (Phi) is 4.84. The molecule has 4 rings (SSSR count). The Morgan fingerprint density at radius 3 is 2.44 bits per heavy atom. The van der Waals surface area contributed by atoms with E-state index in [0.717, 1.165) is 37.1 Å². The van der Waals surface area contributed by atoms with Crippen LogP contribution in [0.1, 0.15) is 17.5 Å². The molecule has 1 aliphatic carbocycles. The maximum Gasteiger partial charge on any atom is 0.573 e. The predicted octanol–water partition coefficient (Wildman–Crippen LogP) is 5.03. The zero-order valence-electron chi connectivity index (χ0n) is 14.8. The highest BCUT2D eigenvalue weighted by molar-refractivity contribution is 5.29. The number of halogens is 4. The summed E-state index contributed by atoms with van der Waals surface area (Å²) in [6.07, 6.45) is -2.94. The molecule has 2 atom stereocenters. The van der Waals surface area contributed by atoms with Crippen LogP contribution in [0.25, 0.3) is 0 Å². The number of piperidine rings is 1. The standard InChI is InChI=1S/C21H21F4NO/c22-20-7-2-1-5-15(20)11-26-12-18-17(19(18)13-26)9-8-14-4-3-6-16(10-14)27-21(23,24)25/h1-7,10,17-19H,8-9,11-13H2. The van der Waals surface area contributed by atoms with Crippen molar-refractivity contribution >= 4 is 0 Å². The third-order valence-electron chi connectivity index (χ3n) is 5.70. The number of aryl methyl sites for hydroxylation is 1. The average molecular weight is 379 g/mol. The summed E-state index contributed by atoms with van der Waals surface area (Å²) in [4.78, 5) is 2.29. The number of fused-ring (bicyclic) bond motifs is 1. The van der Waals surface area contributed by atoms with Crippen LogP contribution in [-0.2, 0) is 13.0 Å². The number of benzene rings is 2. The Labute approximate surface area is 155 Å². The van der Waals surface area contributed by atoms with Crippen molar-refractivity contribution in [1.29, 1.82) is 0 Å². The van der Waals surface area contributed by atoms with Gasteiger partial charge in [-0.25, -0.2) is 4.39 Å². The number of ether oxygens (including phenoxy) is 1. The summed E-state index contributed by atoms with van der Waals surface area (Å²) in [6.45, 7) is 2.59. The highest BCUT2D eigenvalue weighted by Gasteiger charge is 2.54. The number of likely N-dealkylation sites (tertiary alicyclic amines) is 1. The Hall–Kier alpha value is -2.08. The molecule has 0 radical (unpaired) electrons. The van der Waals surface area contributed by atoms with E-state index in [1.807, 2.05) is 18.2 Å². The van der Waals surface area contributed by atoms with Crippen molar-refractivity contribution in [2.24, 2.45) is 17.8 Å². The molecule has 1 saturated heterocycles. The third kappa shape index (κ3) is 4.43. The first-order valence-electron chi connectivity index (χ1n) is 9.19. The lowest BCUT2D eigenvalue weighted by molar-refractivity contribution is -0.274. The minimum atomic E-state index is -4.66. The molecule has 2 fully saturated rings. The smallest absolute Gasteiger partial charge is 0.406 e. The maximum atomic E-state index is 13.8. The zero-order chi connectivity index (χ0) is 19.0. The van der Waals surface area contributed by atoms with Gasteiger partial charge in [-0.3, -0.25) is 4.90 Å². The second kappa shape index (κ2) is 7.15. The Balaban J connectivity index is 1.25. The molecular formula is C21H21F4NO. The second-order valence-electron chi connectivity index (χ2n) is 7.51. The number of nitrogens with zero attached hydrogens (tertiary/aromatic N) is 1. The first kappa shape index (κ1) is 18.3. The van der Waals surface area contributed by atoms with E-state index in [9.17, 15) is 17.6 Å². The summed E-state index contributed by atoms with van der Waals surface area (Å²) >= 11 is 0. The molecule has 0 spiro atoms. The first-order chi connectivity index (χ1) is 12.9. The fourth-order valence-corrected chi connectivity index (χ4v) is 4.39. The third-order valence-corrected chi connectivity index (χ3v) is 5.70. The maximum absolute atomic E-state index is 13.8. The number of hydrogen-bond acceptors (Lipinski definition) is 2. The van der Waals surface area contributed by atoms with E-state index in [-0.39, 0.29) is 11.6 Å². The van der Waals surface area contributed by atoms with Crippen LogP contribution in [0, 0.1) is 23.6 Å². The van der Waals surface area contributed by atoms with Crippen molar-refractivity contribution < 1.29 is 22.3 Å². The van der Waals surface area contributed by atoms with Gasteiger partial charge in [0.05, 0.1) is 0 Å². The van der Waals surface area contributed by atoms with Gasteiger partial charge < -0.3 is 4.74 Å². The molecule has 0 amide bonds. The van der Waals surface area contributed by atoms with Crippen molar-refractivity contribution in [3.63, 3.8) is 0 Å². The number of alkyl halides is 3. The van der Waals surface area contributed by atoms with Gasteiger partial charge in [-0.2, -0.15) is 0 Å². The predicted molar refractivity (Wildman–Crippen MR) is 93.6 cm³/mol. The highest BCUT2D eigenvalue weighted by Crippen LogP contribution is 2.54. The highest BCUT2D eigenvalue weighted by atomic mass is 19.4. The molecule has 1 saturated carbocycles. The lowest BCUT2D eigenvalue weighted by atomic mass is 10.0. The van der Waals surface area contributed by atoms with Crippen LogP contribution < -0.4 is 4.74 Å². The van der Waals surface area contributed by atoms with Crippen molar-refractivity contribution in [3.05, 3.63) is 65.5 Å². The molecule has 2 unspecified atom stereocenters. The van der Waals surface area contributed by atoms with Crippen molar-refractivity contribution in [2.45, 2.75) is 25.7 Å². The van der Waals surface area contributed by atoms with Gasteiger partial charge in [0, 0.05) is 25.2 Å². The van der Waals surface area contributed by atoms with Gasteiger partial charge in [-0.05, 0) is 54.4 Å². The topological polar surface area (TPSA) is 12.5 Å². The van der Waals surface area contributed by atoms with E-state index in [0.29, 0.717) is 24.3 Å². The zero-order valence-corrected chi connectivity index (χ0v) is 14.8. The van der Waals surface area contributed by atoms with Crippen LogP contribution in [0.2, 0.25) is 0 Å². The van der Waals surface area contributed by atoms with Gasteiger partial charge in [-0.15, -0.1) is 13.2 Å². The Bertz CT molecular complexity index is 795. The number of rotatable bonds is 6. The SMILES string of the molecule is Fc1ccccc1CN1CC2C(CCc3cccc(OC(F)(F)F)c3)C2C1. The van der Waals surface area contributed by atoms with E-state index in [4.69, 9.17) is 0 Å². The van der Waals surface area contributed by atoms with Crippen LogP contribution in [0.5, 0.6) is 5.75 Å². The van der Waals surface area contributed by atoms with Gasteiger partial charge in [0.25, 0.3) is 0 Å². The summed E-state index contributed by atoms with van der Waals surface area (Å²) in [6, 6.07) is 13.1. The van der Waals surface area contributed by atoms with E-state index >= 15 is 0 Å². The molecule has 27 heavy (non-hydrogen) atoms. The summed E-state index contributed by atoms with van der Waals surface area (Å²) in [5.74, 6) is 1.56. The summed E-state index contributed by atoms with van der Waals surface area (Å²) < 4.78 is 54.7. The second-order valence-corrected chi connectivity index (χ2v) is 7.51. The Morgan fingerprint density at radius 2 is 1.74 bits per heavy atom. The van der Waals surface area contributed by atoms with Crippen LogP contribution in [-0.4, -0.2) is 24.4 Å². The molecular weight excluding hydrogens is 358 g/mol. The van der Waals surface area contributed by atoms with E-state index < -0.39 is 6.36 Å². The molecule has 0 aromatic heterocycles. The summed E-state index contributed by atoms with van der Waals surface area (Å²) in [5.41, 5.74) is 1.60. The van der Waals surface area contributed by atoms with Crippen molar-refractivity contribution in [2.75, 3.05) is 13.1 Å². The summed E-state index contributed by atoms with van der Waals surface area (Å²) in [7, 11) is 0. The minimum Gasteiger partial charge on any atom is -0.406 e. The molecule has 2 aromatic carbocycles. The monoisotopic (exact) mass is 379 g/mol. The average Bonchev–Trinajstić information content (AvgIpc) is 3.05. The van der Waals surface area contributed by atoms with Gasteiger partial charge in [-0.1, -0.05) is 30.3 Å². The quantitative estimate of drug-likeness (QED) is 0.653. The van der Waals surface area contributed by atoms with E-state index in [2.05, 4.69) is 9.64 Å². The van der Waals surface area contributed by atoms with Crippen molar-refractivity contribution in [1.82, 2.24) is 4.90 Å². The lowest BCUT2D eigenvalue weighted by Gasteiger charge is -2.19. The molecule has 1 heterocycles. The molecule has 1 aliphatic heterocycles. The minimum absolute atomic E-state index is 0.157. The molecule has 0 N–H and O–H groups in total. The van der Waals surface area contributed by atoms with E-state index in [1.165, 1.54) is 18.2 Å². The summed E-state index contributed by atoms with van der Waals surface area (Å²) in [5, 5.41) is 0. The van der Waals surface area contributed by atoms with Gasteiger partial charge in [0.15, 0.2) is 0 Å². The molecule has 2 aromatic rings. The first-order valence-corrected chi connectivity index (χ1v) is 9.19. The van der Waals surface area contributed by atoms with Crippen LogP contribution >= 0.6 is 0 Å². The molecule has 6 heteroatoms. The van der Waals surface area contributed by atoms with Gasteiger partial charge in [0.1, 0.15) is 11.6 Å². The van der Waals surface area contributed by atoms with Crippen LogP contribution in [0.3, 0.4) is 0 Å². The molecule has 0 bridgehead atoms. The lowest BCUT2D eigenvalue weighted by Crippen LogP contribution is -2.24. The van der Waals surface area contributed by atoms with Gasteiger partial charge in [0.2, 0.25) is 0 Å². The van der Waals surface area contributed by atoms with Crippen LogP contribution in [0.15, 0.2) is 48.5 Å². The van der Waals surface area contributed by atoms with E-state index in [1.54, 1.807) is 12.1 Å². The molecule has 144 valence electrons. The fraction of sp³-hybridized carbons (Fsp3) is 0.429.